The Kier molecular flexibility index (Phi) is 4.24. The number of amides is 1. The van der Waals surface area contributed by atoms with Crippen LogP contribution in [-0.4, -0.2) is 27.4 Å². The van der Waals surface area contributed by atoms with Gasteiger partial charge in [-0.25, -0.2) is 15.0 Å². The molecule has 22 heavy (non-hydrogen) atoms. The standard InChI is InChI=1S/C15H15N5OS/c1-2-6-16-13(21)10-4-5-11-12(9-10)22-15(19-11)20-14-17-7-3-8-18-14/h3-5,7-9H,2,6H2,1H3,(H,16,21)(H,17,18,19,20). The molecule has 3 rings (SSSR count). The smallest absolute Gasteiger partial charge is 0.251 e. The van der Waals surface area contributed by atoms with Crippen molar-refractivity contribution >= 4 is 38.5 Å². The second kappa shape index (κ2) is 6.48. The molecule has 0 atom stereocenters. The van der Waals surface area contributed by atoms with Gasteiger partial charge in [-0.2, -0.15) is 0 Å². The van der Waals surface area contributed by atoms with Gasteiger partial charge >= 0.3 is 0 Å². The Balaban J connectivity index is 1.82. The van der Waals surface area contributed by atoms with Gasteiger partial charge in [0, 0.05) is 24.5 Å². The molecule has 0 aliphatic carbocycles. The van der Waals surface area contributed by atoms with E-state index in [4.69, 9.17) is 0 Å². The second-order valence-corrected chi connectivity index (χ2v) is 5.69. The van der Waals surface area contributed by atoms with Crippen LogP contribution in [0.1, 0.15) is 23.7 Å². The minimum Gasteiger partial charge on any atom is -0.352 e. The molecule has 0 unspecified atom stereocenters. The third-order valence-electron chi connectivity index (χ3n) is 2.97. The van der Waals surface area contributed by atoms with Gasteiger partial charge in [0.15, 0.2) is 5.13 Å². The van der Waals surface area contributed by atoms with Crippen molar-refractivity contribution in [2.45, 2.75) is 13.3 Å². The molecular weight excluding hydrogens is 298 g/mol. The molecule has 112 valence electrons. The molecule has 0 aliphatic heterocycles. The van der Waals surface area contributed by atoms with E-state index >= 15 is 0 Å². The van der Waals surface area contributed by atoms with Gasteiger partial charge in [0.1, 0.15) is 0 Å². The minimum atomic E-state index is -0.0574. The molecule has 1 aromatic carbocycles. The number of benzene rings is 1. The van der Waals surface area contributed by atoms with Crippen molar-refractivity contribution in [2.75, 3.05) is 11.9 Å². The molecule has 2 heterocycles. The van der Waals surface area contributed by atoms with Crippen molar-refractivity contribution < 1.29 is 4.79 Å². The number of hydrogen-bond acceptors (Lipinski definition) is 6. The van der Waals surface area contributed by atoms with Crippen LogP contribution in [0.4, 0.5) is 11.1 Å². The van der Waals surface area contributed by atoms with Gasteiger partial charge in [-0.3, -0.25) is 4.79 Å². The minimum absolute atomic E-state index is 0.0574. The summed E-state index contributed by atoms with van der Waals surface area (Å²) in [5, 5.41) is 6.63. The van der Waals surface area contributed by atoms with Crippen molar-refractivity contribution in [1.82, 2.24) is 20.3 Å². The molecule has 2 aromatic heterocycles. The molecule has 3 aromatic rings. The van der Waals surface area contributed by atoms with Crippen LogP contribution in [-0.2, 0) is 0 Å². The molecular formula is C15H15N5OS. The maximum absolute atomic E-state index is 12.0. The summed E-state index contributed by atoms with van der Waals surface area (Å²) < 4.78 is 0.947. The number of thiazole rings is 1. The average Bonchev–Trinajstić information content (AvgIpc) is 2.94. The Morgan fingerprint density at radius 3 is 2.86 bits per heavy atom. The van der Waals surface area contributed by atoms with E-state index in [1.807, 2.05) is 19.1 Å². The fraction of sp³-hybridized carbons (Fsp3) is 0.200. The van der Waals surface area contributed by atoms with E-state index < -0.39 is 0 Å². The lowest BCUT2D eigenvalue weighted by molar-refractivity contribution is 0.0954. The number of nitrogens with one attached hydrogen (secondary N) is 2. The van der Waals surface area contributed by atoms with Gasteiger partial charge in [-0.1, -0.05) is 18.3 Å². The molecule has 0 saturated heterocycles. The largest absolute Gasteiger partial charge is 0.352 e. The Bertz CT molecular complexity index is 787. The highest BCUT2D eigenvalue weighted by atomic mass is 32.1. The van der Waals surface area contributed by atoms with E-state index in [-0.39, 0.29) is 5.91 Å². The number of anilines is 2. The van der Waals surface area contributed by atoms with E-state index in [1.54, 1.807) is 24.5 Å². The van der Waals surface area contributed by atoms with Crippen molar-refractivity contribution in [1.29, 1.82) is 0 Å². The van der Waals surface area contributed by atoms with Gasteiger partial charge in [0.25, 0.3) is 5.91 Å². The molecule has 0 bridgehead atoms. The van der Waals surface area contributed by atoms with Crippen LogP contribution in [0.25, 0.3) is 10.2 Å². The zero-order valence-corrected chi connectivity index (χ0v) is 12.9. The van der Waals surface area contributed by atoms with Crippen LogP contribution in [0, 0.1) is 0 Å². The van der Waals surface area contributed by atoms with Crippen LogP contribution in [0.3, 0.4) is 0 Å². The summed E-state index contributed by atoms with van der Waals surface area (Å²) in [6, 6.07) is 7.25. The van der Waals surface area contributed by atoms with Gasteiger partial charge < -0.3 is 10.6 Å². The number of nitrogens with zero attached hydrogens (tertiary/aromatic N) is 3. The van der Waals surface area contributed by atoms with Crippen molar-refractivity contribution in [3.05, 3.63) is 42.2 Å². The molecule has 6 nitrogen and oxygen atoms in total. The summed E-state index contributed by atoms with van der Waals surface area (Å²) in [6.45, 7) is 2.70. The first-order valence-electron chi connectivity index (χ1n) is 6.99. The lowest BCUT2D eigenvalue weighted by Crippen LogP contribution is -2.23. The van der Waals surface area contributed by atoms with Crippen molar-refractivity contribution in [3.8, 4) is 0 Å². The van der Waals surface area contributed by atoms with Crippen LogP contribution < -0.4 is 10.6 Å². The summed E-state index contributed by atoms with van der Waals surface area (Å²) in [6.07, 6.45) is 4.25. The summed E-state index contributed by atoms with van der Waals surface area (Å²) in [5.41, 5.74) is 1.49. The SMILES string of the molecule is CCCNC(=O)c1ccc2nc(Nc3ncccn3)sc2c1. The topological polar surface area (TPSA) is 79.8 Å². The molecule has 2 N–H and O–H groups in total. The second-order valence-electron chi connectivity index (χ2n) is 4.65. The summed E-state index contributed by atoms with van der Waals surface area (Å²) in [7, 11) is 0. The number of carbonyl (C=O) groups excluding carboxylic acids is 1. The first-order chi connectivity index (χ1) is 10.8. The normalized spacial score (nSPS) is 10.6. The fourth-order valence-electron chi connectivity index (χ4n) is 1.92. The highest BCUT2D eigenvalue weighted by molar-refractivity contribution is 7.22. The molecule has 0 spiro atoms. The number of fused-ring (bicyclic) bond motifs is 1. The fourth-order valence-corrected chi connectivity index (χ4v) is 2.82. The van der Waals surface area contributed by atoms with Crippen LogP contribution in [0.15, 0.2) is 36.7 Å². The zero-order chi connectivity index (χ0) is 15.4. The Morgan fingerprint density at radius 1 is 1.27 bits per heavy atom. The van der Waals surface area contributed by atoms with Crippen LogP contribution in [0.2, 0.25) is 0 Å². The predicted molar refractivity (Wildman–Crippen MR) is 87.6 cm³/mol. The molecule has 0 saturated carbocycles. The molecule has 0 aliphatic rings. The van der Waals surface area contributed by atoms with Gasteiger partial charge in [0.05, 0.1) is 10.2 Å². The lowest BCUT2D eigenvalue weighted by atomic mass is 10.2. The molecule has 0 fully saturated rings. The van der Waals surface area contributed by atoms with Crippen molar-refractivity contribution in [3.63, 3.8) is 0 Å². The maximum Gasteiger partial charge on any atom is 0.251 e. The van der Waals surface area contributed by atoms with Gasteiger partial charge in [0.2, 0.25) is 5.95 Å². The average molecular weight is 313 g/mol. The van der Waals surface area contributed by atoms with Crippen molar-refractivity contribution in [2.24, 2.45) is 0 Å². The highest BCUT2D eigenvalue weighted by Gasteiger charge is 2.09. The van der Waals surface area contributed by atoms with E-state index in [2.05, 4.69) is 25.6 Å². The van der Waals surface area contributed by atoms with E-state index in [0.717, 1.165) is 16.6 Å². The third-order valence-corrected chi connectivity index (χ3v) is 3.90. The van der Waals surface area contributed by atoms with Crippen LogP contribution >= 0.6 is 11.3 Å². The maximum atomic E-state index is 12.0. The van der Waals surface area contributed by atoms with E-state index in [9.17, 15) is 4.79 Å². The number of carbonyl (C=O) groups is 1. The van der Waals surface area contributed by atoms with E-state index in [1.165, 1.54) is 11.3 Å². The molecule has 0 radical (unpaired) electrons. The Hall–Kier alpha value is -2.54. The first-order valence-corrected chi connectivity index (χ1v) is 7.81. The summed E-state index contributed by atoms with van der Waals surface area (Å²) in [4.78, 5) is 24.7. The Labute approximate surface area is 131 Å². The summed E-state index contributed by atoms with van der Waals surface area (Å²) in [5.74, 6) is 0.445. The predicted octanol–water partition coefficient (Wildman–Crippen LogP) is 2.97. The molecule has 1 amide bonds. The van der Waals surface area contributed by atoms with E-state index in [0.29, 0.717) is 23.2 Å². The van der Waals surface area contributed by atoms with Gasteiger partial charge in [-0.05, 0) is 30.7 Å². The summed E-state index contributed by atoms with van der Waals surface area (Å²) >= 11 is 1.47. The van der Waals surface area contributed by atoms with Gasteiger partial charge in [-0.15, -0.1) is 0 Å². The quantitative estimate of drug-likeness (QED) is 0.757. The number of rotatable bonds is 5. The Morgan fingerprint density at radius 2 is 2.09 bits per heavy atom. The zero-order valence-electron chi connectivity index (χ0n) is 12.0. The first kappa shape index (κ1) is 14.4. The highest BCUT2D eigenvalue weighted by Crippen LogP contribution is 2.28. The lowest BCUT2D eigenvalue weighted by Gasteiger charge is -2.02. The third kappa shape index (κ3) is 3.20. The number of hydrogen-bond donors (Lipinski definition) is 2. The van der Waals surface area contributed by atoms with Crippen LogP contribution in [0.5, 0.6) is 0 Å². The molecule has 7 heteroatoms. The number of aromatic nitrogens is 3. The monoisotopic (exact) mass is 313 g/mol.